The van der Waals surface area contributed by atoms with E-state index in [1.165, 1.54) is 6.92 Å². The lowest BCUT2D eigenvalue weighted by Crippen LogP contribution is -2.19. The van der Waals surface area contributed by atoms with Gasteiger partial charge in [-0.2, -0.15) is 0 Å². The molecule has 1 atom stereocenters. The monoisotopic (exact) mass is 253 g/mol. The van der Waals surface area contributed by atoms with Gasteiger partial charge in [-0.3, -0.25) is 0 Å². The van der Waals surface area contributed by atoms with Gasteiger partial charge < -0.3 is 14.4 Å². The summed E-state index contributed by atoms with van der Waals surface area (Å²) >= 11 is 1.55. The Morgan fingerprint density at radius 2 is 2.53 bits per heavy atom. The lowest BCUT2D eigenvalue weighted by Gasteiger charge is -2.05. The second-order valence-electron chi connectivity index (χ2n) is 3.45. The van der Waals surface area contributed by atoms with Crippen molar-refractivity contribution >= 4 is 17.3 Å². The maximum atomic E-state index is 10.5. The molecule has 0 saturated heterocycles. The van der Waals surface area contributed by atoms with Crippen LogP contribution < -0.4 is 0 Å². The van der Waals surface area contributed by atoms with Gasteiger partial charge in [0.25, 0.3) is 0 Å². The van der Waals surface area contributed by atoms with E-state index in [1.807, 2.05) is 17.5 Å². The summed E-state index contributed by atoms with van der Waals surface area (Å²) in [4.78, 5) is 11.5. The normalized spacial score (nSPS) is 12.5. The summed E-state index contributed by atoms with van der Waals surface area (Å²) in [6.45, 7) is 1.60. The van der Waals surface area contributed by atoms with Gasteiger partial charge in [0.15, 0.2) is 11.9 Å². The maximum absolute atomic E-state index is 10.5. The van der Waals surface area contributed by atoms with Gasteiger partial charge in [0.1, 0.15) is 5.69 Å². The van der Waals surface area contributed by atoms with Gasteiger partial charge in [-0.25, -0.2) is 4.79 Å². The Labute approximate surface area is 102 Å². The molecule has 0 aliphatic heterocycles. The van der Waals surface area contributed by atoms with Crippen molar-refractivity contribution in [3.63, 3.8) is 0 Å². The Kier molecular flexibility index (Phi) is 3.55. The third-order valence-corrected chi connectivity index (χ3v) is 3.04. The van der Waals surface area contributed by atoms with E-state index in [4.69, 9.17) is 14.4 Å². The average Bonchev–Trinajstić information content (AvgIpc) is 2.95. The van der Waals surface area contributed by atoms with Crippen LogP contribution in [0.4, 0.5) is 0 Å². The zero-order valence-corrected chi connectivity index (χ0v) is 9.94. The molecule has 2 heterocycles. The predicted molar refractivity (Wildman–Crippen MR) is 61.7 cm³/mol. The number of aliphatic carboxylic acids is 1. The Morgan fingerprint density at radius 1 is 1.71 bits per heavy atom. The van der Waals surface area contributed by atoms with E-state index in [0.717, 1.165) is 4.88 Å². The molecule has 0 radical (unpaired) electrons. The fourth-order valence-electron chi connectivity index (χ4n) is 1.20. The average molecular weight is 253 g/mol. The Bertz CT molecular complexity index is 491. The lowest BCUT2D eigenvalue weighted by molar-refractivity contribution is -0.149. The second kappa shape index (κ2) is 5.11. The third kappa shape index (κ3) is 2.92. The van der Waals surface area contributed by atoms with E-state index in [1.54, 1.807) is 17.4 Å². The Morgan fingerprint density at radius 3 is 3.18 bits per heavy atom. The fourth-order valence-corrected chi connectivity index (χ4v) is 1.87. The zero-order chi connectivity index (χ0) is 12.3. The van der Waals surface area contributed by atoms with Crippen molar-refractivity contribution in [2.45, 2.75) is 19.6 Å². The maximum Gasteiger partial charge on any atom is 0.332 e. The third-order valence-electron chi connectivity index (χ3n) is 2.15. The van der Waals surface area contributed by atoms with Crippen molar-refractivity contribution < 1.29 is 19.2 Å². The summed E-state index contributed by atoms with van der Waals surface area (Å²) in [6, 6.07) is 5.60. The molecule has 0 aliphatic rings. The van der Waals surface area contributed by atoms with Crippen LogP contribution in [0.25, 0.3) is 10.6 Å². The number of carboxylic acids is 1. The van der Waals surface area contributed by atoms with Gasteiger partial charge in [-0.05, 0) is 18.4 Å². The number of hydrogen-bond donors (Lipinski definition) is 1. The Hall–Kier alpha value is -1.66. The number of nitrogens with zero attached hydrogens (tertiary/aromatic N) is 1. The molecule has 5 nitrogen and oxygen atoms in total. The van der Waals surface area contributed by atoms with Gasteiger partial charge in [-0.15, -0.1) is 11.3 Å². The van der Waals surface area contributed by atoms with E-state index in [2.05, 4.69) is 5.16 Å². The number of aromatic nitrogens is 1. The van der Waals surface area contributed by atoms with Crippen LogP contribution in [0.2, 0.25) is 0 Å². The van der Waals surface area contributed by atoms with Gasteiger partial charge in [0.2, 0.25) is 0 Å². The van der Waals surface area contributed by atoms with E-state index >= 15 is 0 Å². The smallest absolute Gasteiger partial charge is 0.332 e. The van der Waals surface area contributed by atoms with Crippen LogP contribution in [0.15, 0.2) is 28.1 Å². The quantitative estimate of drug-likeness (QED) is 0.885. The first-order valence-corrected chi connectivity index (χ1v) is 5.88. The predicted octanol–water partition coefficient (Wildman–Crippen LogP) is 2.39. The highest BCUT2D eigenvalue weighted by molar-refractivity contribution is 7.13. The van der Waals surface area contributed by atoms with Crippen LogP contribution in [0.1, 0.15) is 12.6 Å². The first kappa shape index (κ1) is 11.8. The molecule has 0 aliphatic carbocycles. The minimum atomic E-state index is -0.994. The number of ether oxygens (including phenoxy) is 1. The Balaban J connectivity index is 1.97. The van der Waals surface area contributed by atoms with Crippen molar-refractivity contribution in [1.82, 2.24) is 5.16 Å². The summed E-state index contributed by atoms with van der Waals surface area (Å²) < 4.78 is 10.2. The molecule has 0 spiro atoms. The van der Waals surface area contributed by atoms with E-state index in [9.17, 15) is 4.79 Å². The first-order valence-electron chi connectivity index (χ1n) is 5.00. The molecule has 0 fully saturated rings. The van der Waals surface area contributed by atoms with Crippen LogP contribution in [-0.2, 0) is 16.1 Å². The molecular formula is C11H11NO4S. The largest absolute Gasteiger partial charge is 0.479 e. The molecule has 2 rings (SSSR count). The van der Waals surface area contributed by atoms with Crippen LogP contribution in [-0.4, -0.2) is 22.3 Å². The number of hydrogen-bond acceptors (Lipinski definition) is 5. The van der Waals surface area contributed by atoms with E-state index < -0.39 is 12.1 Å². The molecule has 0 saturated carbocycles. The highest BCUT2D eigenvalue weighted by Gasteiger charge is 2.13. The molecule has 17 heavy (non-hydrogen) atoms. The summed E-state index contributed by atoms with van der Waals surface area (Å²) in [5.41, 5.74) is 0.585. The summed E-state index contributed by atoms with van der Waals surface area (Å²) in [5, 5.41) is 14.4. The molecule has 6 heteroatoms. The molecule has 0 bridgehead atoms. The number of carboxylic acid groups (broad SMARTS) is 1. The van der Waals surface area contributed by atoms with Crippen LogP contribution in [0.5, 0.6) is 0 Å². The molecule has 1 N–H and O–H groups in total. The number of rotatable bonds is 5. The minimum Gasteiger partial charge on any atom is -0.479 e. The van der Waals surface area contributed by atoms with Crippen LogP contribution in [0.3, 0.4) is 0 Å². The SMILES string of the molecule is C[C@@H](OCc1cc(-c2cccs2)on1)C(=O)O. The van der Waals surface area contributed by atoms with Crippen molar-refractivity contribution in [2.75, 3.05) is 0 Å². The van der Waals surface area contributed by atoms with Crippen LogP contribution in [0, 0.1) is 0 Å². The highest BCUT2D eigenvalue weighted by atomic mass is 32.1. The van der Waals surface area contributed by atoms with E-state index in [0.29, 0.717) is 11.5 Å². The van der Waals surface area contributed by atoms with E-state index in [-0.39, 0.29) is 6.61 Å². The molecule has 0 unspecified atom stereocenters. The summed E-state index contributed by atoms with van der Waals surface area (Å²) in [5.74, 6) is -0.325. The lowest BCUT2D eigenvalue weighted by atomic mass is 10.3. The second-order valence-corrected chi connectivity index (χ2v) is 4.40. The highest BCUT2D eigenvalue weighted by Crippen LogP contribution is 2.25. The minimum absolute atomic E-state index is 0.127. The molecule has 2 aromatic heterocycles. The number of carbonyl (C=O) groups is 1. The standard InChI is InChI=1S/C11H11NO4S/c1-7(11(13)14)15-6-8-5-9(16-12-8)10-3-2-4-17-10/h2-5,7H,6H2,1H3,(H,13,14)/t7-/m1/s1. The van der Waals surface area contributed by atoms with Gasteiger partial charge in [-0.1, -0.05) is 11.2 Å². The van der Waals surface area contributed by atoms with Gasteiger partial charge in [0.05, 0.1) is 11.5 Å². The zero-order valence-electron chi connectivity index (χ0n) is 9.12. The first-order chi connectivity index (χ1) is 8.16. The van der Waals surface area contributed by atoms with Crippen molar-refractivity contribution in [3.8, 4) is 10.6 Å². The van der Waals surface area contributed by atoms with Crippen molar-refractivity contribution in [2.24, 2.45) is 0 Å². The molecule has 2 aromatic rings. The van der Waals surface area contributed by atoms with Gasteiger partial charge >= 0.3 is 5.97 Å². The number of thiophene rings is 1. The molecule has 90 valence electrons. The molecule has 0 aromatic carbocycles. The van der Waals surface area contributed by atoms with Crippen molar-refractivity contribution in [1.29, 1.82) is 0 Å². The van der Waals surface area contributed by atoms with Gasteiger partial charge in [0, 0.05) is 6.07 Å². The van der Waals surface area contributed by atoms with Crippen LogP contribution >= 0.6 is 11.3 Å². The topological polar surface area (TPSA) is 72.6 Å². The fraction of sp³-hybridized carbons (Fsp3) is 0.273. The van der Waals surface area contributed by atoms with Crippen molar-refractivity contribution in [3.05, 3.63) is 29.3 Å². The summed E-state index contributed by atoms with van der Waals surface area (Å²) in [6.07, 6.45) is -0.850. The molecule has 0 amide bonds. The molecular weight excluding hydrogens is 242 g/mol. The summed E-state index contributed by atoms with van der Waals surface area (Å²) in [7, 11) is 0.